The summed E-state index contributed by atoms with van der Waals surface area (Å²) in [5.41, 5.74) is 0. The van der Waals surface area contributed by atoms with Gasteiger partial charge < -0.3 is 9.55 Å². The minimum atomic E-state index is 0.813. The van der Waals surface area contributed by atoms with E-state index in [4.69, 9.17) is 12.5 Å². The largest absolute Gasteiger partial charge is 0.379 e. The van der Waals surface area contributed by atoms with Gasteiger partial charge in [-0.3, -0.25) is 0 Å². The first-order valence-electron chi connectivity index (χ1n) is 2.80. The molecule has 2 nitrogen and oxygen atoms in total. The Morgan fingerprint density at radius 1 is 1.38 bits per heavy atom. The number of rotatable bonds is 1. The van der Waals surface area contributed by atoms with Crippen LogP contribution in [0, 0.1) is 0 Å². The molecule has 1 fully saturated rings. The van der Waals surface area contributed by atoms with E-state index in [1.54, 1.807) is 7.31 Å². The Kier molecular flexibility index (Phi) is 2.43. The summed E-state index contributed by atoms with van der Waals surface area (Å²) in [4.78, 5) is 2.05. The molecule has 0 aromatic heterocycles. The SMILES string of the molecule is [B][B]N1CCOCC1. The smallest absolute Gasteiger partial charge is 0.149 e. The molecule has 1 saturated heterocycles. The van der Waals surface area contributed by atoms with Crippen molar-refractivity contribution >= 4 is 15.0 Å². The van der Waals surface area contributed by atoms with Crippen LogP contribution < -0.4 is 0 Å². The quantitative estimate of drug-likeness (QED) is 0.400. The van der Waals surface area contributed by atoms with Gasteiger partial charge in [-0.2, -0.15) is 0 Å². The summed E-state index contributed by atoms with van der Waals surface area (Å²) in [5, 5.41) is 0. The van der Waals surface area contributed by atoms with Crippen molar-refractivity contribution in [1.29, 1.82) is 0 Å². The highest BCUT2D eigenvalue weighted by Crippen LogP contribution is 1.91. The molecule has 0 N–H and O–H groups in total. The van der Waals surface area contributed by atoms with E-state index in [-0.39, 0.29) is 0 Å². The zero-order chi connectivity index (χ0) is 5.82. The third-order valence-electron chi connectivity index (χ3n) is 1.26. The van der Waals surface area contributed by atoms with Gasteiger partial charge in [0.2, 0.25) is 0 Å². The minimum Gasteiger partial charge on any atom is -0.379 e. The normalized spacial score (nSPS) is 23.0. The molecule has 3 radical (unpaired) electrons. The number of hydrogen-bond acceptors (Lipinski definition) is 2. The second-order valence-electron chi connectivity index (χ2n) is 1.80. The van der Waals surface area contributed by atoms with Gasteiger partial charge in [-0.05, 0) is 0 Å². The monoisotopic (exact) mass is 108 g/mol. The minimum absolute atomic E-state index is 0.813. The summed E-state index contributed by atoms with van der Waals surface area (Å²) in [7, 11) is 6.86. The molecule has 0 aliphatic carbocycles. The Balaban J connectivity index is 2.13. The molecule has 1 aliphatic heterocycles. The van der Waals surface area contributed by atoms with Crippen molar-refractivity contribution in [1.82, 2.24) is 4.81 Å². The summed E-state index contributed by atoms with van der Waals surface area (Å²) in [6.45, 7) is 3.51. The zero-order valence-electron chi connectivity index (χ0n) is 4.84. The van der Waals surface area contributed by atoms with E-state index in [2.05, 4.69) is 0 Å². The second-order valence-corrected chi connectivity index (χ2v) is 1.80. The van der Waals surface area contributed by atoms with Crippen LogP contribution in [0.25, 0.3) is 0 Å². The summed E-state index contributed by atoms with van der Waals surface area (Å²) < 4.78 is 5.08. The fourth-order valence-electron chi connectivity index (χ4n) is 0.727. The first kappa shape index (κ1) is 6.17. The first-order chi connectivity index (χ1) is 3.93. The molecule has 0 aromatic rings. The van der Waals surface area contributed by atoms with Crippen molar-refractivity contribution in [2.75, 3.05) is 26.3 Å². The maximum atomic E-state index is 5.25. The molecule has 41 valence electrons. The van der Waals surface area contributed by atoms with Crippen molar-refractivity contribution in [3.8, 4) is 0 Å². The molecule has 0 atom stereocenters. The average Bonchev–Trinajstić information content (AvgIpc) is 1.90. The average molecular weight is 108 g/mol. The fourth-order valence-corrected chi connectivity index (χ4v) is 0.727. The number of nitrogens with zero attached hydrogens (tertiary/aromatic N) is 1. The Morgan fingerprint density at radius 3 is 2.38 bits per heavy atom. The summed E-state index contributed by atoms with van der Waals surface area (Å²) in [5.74, 6) is 0. The zero-order valence-corrected chi connectivity index (χ0v) is 4.84. The third-order valence-corrected chi connectivity index (χ3v) is 1.26. The number of hydrogen-bond donors (Lipinski definition) is 0. The molecular weight excluding hydrogens is 99.7 g/mol. The van der Waals surface area contributed by atoms with Crippen LogP contribution in [0.2, 0.25) is 0 Å². The van der Waals surface area contributed by atoms with E-state index in [9.17, 15) is 0 Å². The van der Waals surface area contributed by atoms with Gasteiger partial charge in [0.15, 0.2) is 0 Å². The van der Waals surface area contributed by atoms with Crippen LogP contribution in [0.15, 0.2) is 0 Å². The van der Waals surface area contributed by atoms with Gasteiger partial charge in [-0.25, -0.2) is 0 Å². The summed E-state index contributed by atoms with van der Waals surface area (Å²) in [6, 6.07) is 0. The predicted molar refractivity (Wildman–Crippen MR) is 33.9 cm³/mol. The van der Waals surface area contributed by atoms with Gasteiger partial charge in [0.1, 0.15) is 7.31 Å². The van der Waals surface area contributed by atoms with Gasteiger partial charge in [0.25, 0.3) is 0 Å². The standard InChI is InChI=1S/C4H8B2NO/c5-6-7-1-3-8-4-2-7/h1-4H2. The van der Waals surface area contributed by atoms with Crippen molar-refractivity contribution < 1.29 is 4.74 Å². The summed E-state index contributed by atoms with van der Waals surface area (Å²) >= 11 is 0. The van der Waals surface area contributed by atoms with Gasteiger partial charge in [-0.1, -0.05) is 0 Å². The molecule has 1 heterocycles. The Labute approximate surface area is 51.8 Å². The number of morpholine rings is 1. The lowest BCUT2D eigenvalue weighted by molar-refractivity contribution is 0.0734. The summed E-state index contributed by atoms with van der Waals surface area (Å²) in [6.07, 6.45) is 0. The van der Waals surface area contributed by atoms with Crippen LogP contribution in [-0.4, -0.2) is 46.2 Å². The van der Waals surface area contributed by atoms with Crippen molar-refractivity contribution in [3.05, 3.63) is 0 Å². The molecular formula is C4H8B2NO. The third kappa shape index (κ3) is 1.53. The van der Waals surface area contributed by atoms with Crippen molar-refractivity contribution in [2.24, 2.45) is 0 Å². The topological polar surface area (TPSA) is 12.5 Å². The molecule has 0 bridgehead atoms. The maximum absolute atomic E-state index is 5.25. The van der Waals surface area contributed by atoms with E-state index >= 15 is 0 Å². The highest BCUT2D eigenvalue weighted by atomic mass is 16.5. The van der Waals surface area contributed by atoms with Gasteiger partial charge in [0, 0.05) is 20.8 Å². The van der Waals surface area contributed by atoms with Crippen molar-refractivity contribution in [2.45, 2.75) is 0 Å². The molecule has 8 heavy (non-hydrogen) atoms. The van der Waals surface area contributed by atoms with Gasteiger partial charge in [-0.15, -0.1) is 0 Å². The van der Waals surface area contributed by atoms with Crippen LogP contribution in [-0.2, 0) is 4.74 Å². The van der Waals surface area contributed by atoms with Crippen LogP contribution in [0.1, 0.15) is 0 Å². The van der Waals surface area contributed by atoms with E-state index < -0.39 is 0 Å². The highest BCUT2D eigenvalue weighted by molar-refractivity contribution is 6.87. The second kappa shape index (κ2) is 3.15. The maximum Gasteiger partial charge on any atom is 0.149 e. The lowest BCUT2D eigenvalue weighted by Gasteiger charge is -2.25. The molecule has 0 aromatic carbocycles. The Morgan fingerprint density at radius 2 is 2.00 bits per heavy atom. The lowest BCUT2D eigenvalue weighted by atomic mass is 9.65. The van der Waals surface area contributed by atoms with Crippen LogP contribution in [0.3, 0.4) is 0 Å². The van der Waals surface area contributed by atoms with Crippen molar-refractivity contribution in [3.63, 3.8) is 0 Å². The lowest BCUT2D eigenvalue weighted by Crippen LogP contribution is -2.38. The molecule has 0 unspecified atom stereocenters. The van der Waals surface area contributed by atoms with Crippen LogP contribution >= 0.6 is 0 Å². The Hall–Kier alpha value is 0.0499. The van der Waals surface area contributed by atoms with E-state index in [0.29, 0.717) is 0 Å². The van der Waals surface area contributed by atoms with Crippen LogP contribution in [0.5, 0.6) is 0 Å². The van der Waals surface area contributed by atoms with E-state index in [1.807, 2.05) is 4.81 Å². The Bertz CT molecular complexity index is 65.1. The highest BCUT2D eigenvalue weighted by Gasteiger charge is 2.05. The van der Waals surface area contributed by atoms with E-state index in [0.717, 1.165) is 26.3 Å². The molecule has 0 amide bonds. The molecule has 0 spiro atoms. The molecule has 1 aliphatic rings. The van der Waals surface area contributed by atoms with Crippen LogP contribution in [0.4, 0.5) is 0 Å². The van der Waals surface area contributed by atoms with Gasteiger partial charge in [0.05, 0.1) is 13.2 Å². The first-order valence-corrected chi connectivity index (χ1v) is 2.80. The van der Waals surface area contributed by atoms with Gasteiger partial charge >= 0.3 is 0 Å². The number of ether oxygens (including phenoxy) is 1. The molecule has 0 saturated carbocycles. The fraction of sp³-hybridized carbons (Fsp3) is 1.00. The predicted octanol–water partition coefficient (Wildman–Crippen LogP) is -0.979. The molecule has 4 heteroatoms. The molecule has 1 rings (SSSR count). The van der Waals surface area contributed by atoms with E-state index in [1.165, 1.54) is 0 Å².